The molecule has 1 unspecified atom stereocenters. The van der Waals surface area contributed by atoms with Crippen LogP contribution in [0.5, 0.6) is 0 Å². The lowest BCUT2D eigenvalue weighted by atomic mass is 9.81. The Morgan fingerprint density at radius 3 is 2.80 bits per heavy atom. The second kappa shape index (κ2) is 11.2. The average molecular weight is 415 g/mol. The van der Waals surface area contributed by atoms with Gasteiger partial charge in [0.2, 0.25) is 0 Å². The molecule has 0 spiro atoms. The number of aliphatic hydroxyl groups is 1. The summed E-state index contributed by atoms with van der Waals surface area (Å²) >= 11 is 0. The Morgan fingerprint density at radius 2 is 2.17 bits per heavy atom. The zero-order valence-corrected chi connectivity index (χ0v) is 18.0. The van der Waals surface area contributed by atoms with Crippen molar-refractivity contribution in [3.05, 3.63) is 35.7 Å². The van der Waals surface area contributed by atoms with Crippen molar-refractivity contribution < 1.29 is 9.90 Å². The summed E-state index contributed by atoms with van der Waals surface area (Å²) < 4.78 is 0. The molecule has 2 heterocycles. The van der Waals surface area contributed by atoms with Crippen molar-refractivity contribution in [1.29, 1.82) is 0 Å². The van der Waals surface area contributed by atoms with Gasteiger partial charge in [0, 0.05) is 37.2 Å². The van der Waals surface area contributed by atoms with Crippen LogP contribution in [0.2, 0.25) is 0 Å². The van der Waals surface area contributed by atoms with E-state index in [1.165, 1.54) is 0 Å². The van der Waals surface area contributed by atoms with Crippen molar-refractivity contribution in [3.63, 3.8) is 0 Å². The number of aliphatic hydroxyl groups excluding tert-OH is 1. The Kier molecular flexibility index (Phi) is 8.33. The molecule has 1 fully saturated rings. The lowest BCUT2D eigenvalue weighted by Gasteiger charge is -2.30. The maximum Gasteiger partial charge on any atom is 0.178 e. The van der Waals surface area contributed by atoms with Crippen LogP contribution in [0.3, 0.4) is 0 Å². The summed E-state index contributed by atoms with van der Waals surface area (Å²) in [6.45, 7) is 7.35. The van der Waals surface area contributed by atoms with E-state index in [1.54, 1.807) is 6.92 Å². The Labute approximate surface area is 178 Å². The van der Waals surface area contributed by atoms with Crippen LogP contribution < -0.4 is 5.32 Å². The highest BCUT2D eigenvalue weighted by molar-refractivity contribution is 5.79. The van der Waals surface area contributed by atoms with Gasteiger partial charge in [-0.25, -0.2) is 0 Å². The Hall–Kier alpha value is -2.32. The number of aromatic nitrogens is 4. The molecule has 0 radical (unpaired) electrons. The molecule has 3 atom stereocenters. The number of tetrazole rings is 1. The second-order valence-corrected chi connectivity index (χ2v) is 8.31. The summed E-state index contributed by atoms with van der Waals surface area (Å²) in [5.41, 5.74) is 2.22. The van der Waals surface area contributed by atoms with Gasteiger partial charge in [0.25, 0.3) is 0 Å². The lowest BCUT2D eigenvalue weighted by Crippen LogP contribution is -2.40. The molecule has 2 aromatic rings. The monoisotopic (exact) mass is 414 g/mol. The van der Waals surface area contributed by atoms with Gasteiger partial charge in [-0.1, -0.05) is 30.7 Å². The van der Waals surface area contributed by atoms with Gasteiger partial charge in [0.1, 0.15) is 5.78 Å². The number of ketones is 1. The number of β-amino-alcohol motifs (C(OH)–C–C–N with tert-alkyl or cyclic N) is 1. The van der Waals surface area contributed by atoms with Crippen LogP contribution in [0.15, 0.2) is 24.3 Å². The number of rotatable bonds is 11. The van der Waals surface area contributed by atoms with Crippen LogP contribution >= 0.6 is 0 Å². The van der Waals surface area contributed by atoms with Gasteiger partial charge in [-0.05, 0) is 56.8 Å². The molecule has 1 saturated heterocycles. The van der Waals surface area contributed by atoms with E-state index in [1.807, 2.05) is 0 Å². The molecular formula is C22H34N6O2. The average Bonchev–Trinajstić information content (AvgIpc) is 3.26. The van der Waals surface area contributed by atoms with Gasteiger partial charge < -0.3 is 10.4 Å². The number of likely N-dealkylation sites (tertiary alicyclic amines) is 1. The van der Waals surface area contributed by atoms with Crippen molar-refractivity contribution in [1.82, 2.24) is 25.5 Å². The van der Waals surface area contributed by atoms with Crippen molar-refractivity contribution >= 4 is 11.5 Å². The van der Waals surface area contributed by atoms with E-state index >= 15 is 0 Å². The Morgan fingerprint density at radius 1 is 1.37 bits per heavy atom. The van der Waals surface area contributed by atoms with Crippen LogP contribution in [0, 0.1) is 5.92 Å². The first-order valence-corrected chi connectivity index (χ1v) is 11.0. The zero-order valence-electron chi connectivity index (χ0n) is 18.0. The first-order chi connectivity index (χ1) is 14.6. The fraction of sp³-hybridized carbons (Fsp3) is 0.636. The number of nitrogens with zero attached hydrogens (tertiary/aromatic N) is 4. The van der Waals surface area contributed by atoms with Gasteiger partial charge >= 0.3 is 0 Å². The molecule has 3 rings (SSSR count). The topological polar surface area (TPSA) is 107 Å². The number of anilines is 1. The van der Waals surface area contributed by atoms with Crippen molar-refractivity contribution in [3.8, 4) is 0 Å². The molecule has 8 heteroatoms. The largest absolute Gasteiger partial charge is 0.392 e. The minimum atomic E-state index is -0.184. The third-order valence-corrected chi connectivity index (χ3v) is 5.95. The number of benzene rings is 1. The number of carbonyl (C=O) groups excluding carboxylic acids is 1. The van der Waals surface area contributed by atoms with Gasteiger partial charge in [-0.2, -0.15) is 5.21 Å². The number of aromatic amines is 1. The van der Waals surface area contributed by atoms with E-state index in [-0.39, 0.29) is 23.7 Å². The van der Waals surface area contributed by atoms with E-state index in [0.717, 1.165) is 63.1 Å². The molecule has 3 N–H and O–H groups in total. The molecule has 0 amide bonds. The van der Waals surface area contributed by atoms with Crippen LogP contribution in [-0.4, -0.2) is 68.7 Å². The van der Waals surface area contributed by atoms with E-state index in [9.17, 15) is 9.90 Å². The SMILES string of the molecule is CCC[C@H](C(C)=O)[C@H](Cc1ccc(NCCN2CCCC(O)C2)cc1)c1nn[nH]n1. The summed E-state index contributed by atoms with van der Waals surface area (Å²) in [7, 11) is 0. The highest BCUT2D eigenvalue weighted by Gasteiger charge is 2.29. The molecule has 164 valence electrons. The molecule has 30 heavy (non-hydrogen) atoms. The summed E-state index contributed by atoms with van der Waals surface area (Å²) in [6.07, 6.45) is 4.26. The van der Waals surface area contributed by atoms with E-state index in [2.05, 4.69) is 62.0 Å². The van der Waals surface area contributed by atoms with Crippen LogP contribution in [0.1, 0.15) is 56.8 Å². The molecule has 0 saturated carbocycles. The van der Waals surface area contributed by atoms with Gasteiger partial charge in [0.05, 0.1) is 6.10 Å². The van der Waals surface area contributed by atoms with Crippen molar-refractivity contribution in [2.45, 2.75) is 58.0 Å². The maximum absolute atomic E-state index is 12.3. The molecule has 1 aromatic heterocycles. The highest BCUT2D eigenvalue weighted by atomic mass is 16.3. The predicted molar refractivity (Wildman–Crippen MR) is 116 cm³/mol. The van der Waals surface area contributed by atoms with Gasteiger partial charge in [-0.3, -0.25) is 9.69 Å². The van der Waals surface area contributed by atoms with E-state index in [4.69, 9.17) is 0 Å². The minimum Gasteiger partial charge on any atom is -0.392 e. The molecule has 0 bridgehead atoms. The number of H-pyrrole nitrogens is 1. The molecule has 1 aliphatic rings. The van der Waals surface area contributed by atoms with Crippen LogP contribution in [0.25, 0.3) is 0 Å². The van der Waals surface area contributed by atoms with E-state index < -0.39 is 0 Å². The maximum atomic E-state index is 12.3. The van der Waals surface area contributed by atoms with Gasteiger partial charge in [0.15, 0.2) is 5.82 Å². The van der Waals surface area contributed by atoms with Crippen molar-refractivity contribution in [2.75, 3.05) is 31.5 Å². The van der Waals surface area contributed by atoms with Crippen molar-refractivity contribution in [2.24, 2.45) is 5.92 Å². The Bertz CT molecular complexity index is 764. The van der Waals surface area contributed by atoms with Crippen LogP contribution in [-0.2, 0) is 11.2 Å². The number of Topliss-reactive ketones (excluding diaryl/α,β-unsaturated/α-hetero) is 1. The second-order valence-electron chi connectivity index (χ2n) is 8.31. The quantitative estimate of drug-likeness (QED) is 0.518. The summed E-state index contributed by atoms with van der Waals surface area (Å²) in [6, 6.07) is 8.36. The molecule has 1 aromatic carbocycles. The molecule has 0 aliphatic carbocycles. The predicted octanol–water partition coefficient (Wildman–Crippen LogP) is 2.40. The number of carbonyl (C=O) groups is 1. The minimum absolute atomic E-state index is 0.0782. The first-order valence-electron chi connectivity index (χ1n) is 11.0. The first kappa shape index (κ1) is 22.4. The third kappa shape index (κ3) is 6.34. The summed E-state index contributed by atoms with van der Waals surface area (Å²) in [5.74, 6) is 0.596. The standard InChI is InChI=1S/C22H34N6O2/c1-3-5-20(16(2)29)21(22-24-26-27-25-22)14-17-7-9-18(10-8-17)23-11-13-28-12-4-6-19(30)15-28/h7-10,19-21,23,30H,3-6,11-15H2,1-2H3,(H,24,25,26,27)/t19?,20-,21+/m1/s1. The van der Waals surface area contributed by atoms with E-state index in [0.29, 0.717) is 12.2 Å². The number of piperidine rings is 1. The molecule has 1 aliphatic heterocycles. The van der Waals surface area contributed by atoms with Crippen LogP contribution in [0.4, 0.5) is 5.69 Å². The summed E-state index contributed by atoms with van der Waals surface area (Å²) in [4.78, 5) is 14.6. The smallest absolute Gasteiger partial charge is 0.178 e. The fourth-order valence-electron chi connectivity index (χ4n) is 4.34. The fourth-order valence-corrected chi connectivity index (χ4v) is 4.34. The summed E-state index contributed by atoms with van der Waals surface area (Å²) in [5, 5.41) is 27.8. The number of nitrogens with one attached hydrogen (secondary N) is 2. The van der Waals surface area contributed by atoms with Gasteiger partial charge in [-0.15, -0.1) is 10.2 Å². The molecule has 8 nitrogen and oxygen atoms in total. The highest BCUT2D eigenvalue weighted by Crippen LogP contribution is 2.30. The lowest BCUT2D eigenvalue weighted by molar-refractivity contribution is -0.121. The Balaban J connectivity index is 1.57. The third-order valence-electron chi connectivity index (χ3n) is 5.95. The number of hydrogen-bond donors (Lipinski definition) is 3. The normalized spacial score (nSPS) is 19.4. The zero-order chi connectivity index (χ0) is 21.3. The number of hydrogen-bond acceptors (Lipinski definition) is 7. The molecular weight excluding hydrogens is 380 g/mol.